The third-order valence-electron chi connectivity index (χ3n) is 2.27. The van der Waals surface area contributed by atoms with Crippen LogP contribution in [0.2, 0.25) is 0 Å². The van der Waals surface area contributed by atoms with Gasteiger partial charge in [0, 0.05) is 16.6 Å². The SMILES string of the molecule is CCS(=O)CC(=O)Nc1ccc(C(F)(F)F)cc1N. The van der Waals surface area contributed by atoms with Gasteiger partial charge in [0.15, 0.2) is 0 Å². The lowest BCUT2D eigenvalue weighted by Crippen LogP contribution is -2.21. The van der Waals surface area contributed by atoms with Crippen molar-refractivity contribution in [2.24, 2.45) is 0 Å². The van der Waals surface area contributed by atoms with Crippen molar-refractivity contribution in [3.63, 3.8) is 0 Å². The molecule has 0 saturated heterocycles. The van der Waals surface area contributed by atoms with Gasteiger partial charge in [-0.1, -0.05) is 6.92 Å². The van der Waals surface area contributed by atoms with Crippen LogP contribution < -0.4 is 11.1 Å². The predicted molar refractivity (Wildman–Crippen MR) is 68.0 cm³/mol. The van der Waals surface area contributed by atoms with Crippen LogP contribution in [0.1, 0.15) is 12.5 Å². The molecule has 106 valence electrons. The van der Waals surface area contributed by atoms with E-state index in [4.69, 9.17) is 5.73 Å². The Morgan fingerprint density at radius 2 is 2.05 bits per heavy atom. The molecule has 3 N–H and O–H groups in total. The van der Waals surface area contributed by atoms with Gasteiger partial charge in [-0.15, -0.1) is 0 Å². The Morgan fingerprint density at radius 3 is 2.53 bits per heavy atom. The number of nitrogens with two attached hydrogens (primary N) is 1. The summed E-state index contributed by atoms with van der Waals surface area (Å²) in [6, 6.07) is 2.64. The highest BCUT2D eigenvalue weighted by Crippen LogP contribution is 2.32. The van der Waals surface area contributed by atoms with Crippen molar-refractivity contribution in [2.45, 2.75) is 13.1 Å². The van der Waals surface area contributed by atoms with Crippen LogP contribution in [-0.4, -0.2) is 21.6 Å². The molecule has 8 heteroatoms. The van der Waals surface area contributed by atoms with E-state index in [1.807, 2.05) is 0 Å². The fraction of sp³-hybridized carbons (Fsp3) is 0.364. The molecule has 1 aromatic rings. The van der Waals surface area contributed by atoms with Crippen molar-refractivity contribution in [1.82, 2.24) is 0 Å². The number of amides is 1. The molecular weight excluding hydrogens is 281 g/mol. The van der Waals surface area contributed by atoms with Crippen LogP contribution >= 0.6 is 0 Å². The molecule has 0 bridgehead atoms. The summed E-state index contributed by atoms with van der Waals surface area (Å²) >= 11 is 0. The van der Waals surface area contributed by atoms with Gasteiger partial charge in [-0.3, -0.25) is 9.00 Å². The van der Waals surface area contributed by atoms with Crippen LogP contribution in [0.5, 0.6) is 0 Å². The zero-order chi connectivity index (χ0) is 14.6. The van der Waals surface area contributed by atoms with Crippen LogP contribution in [0, 0.1) is 0 Å². The van der Waals surface area contributed by atoms with E-state index in [1.54, 1.807) is 6.92 Å². The standard InChI is InChI=1S/C11H13F3N2O2S/c1-2-19(18)6-10(17)16-9-4-3-7(5-8(9)15)11(12,13)14/h3-5H,2,6,15H2,1H3,(H,16,17). The van der Waals surface area contributed by atoms with Crippen molar-refractivity contribution in [3.8, 4) is 0 Å². The first-order valence-corrected chi connectivity index (χ1v) is 6.84. The Morgan fingerprint density at radius 1 is 1.42 bits per heavy atom. The summed E-state index contributed by atoms with van der Waals surface area (Å²) in [5, 5.41) is 2.33. The van der Waals surface area contributed by atoms with E-state index in [0.717, 1.165) is 18.2 Å². The average Bonchev–Trinajstić information content (AvgIpc) is 2.30. The van der Waals surface area contributed by atoms with E-state index < -0.39 is 28.4 Å². The summed E-state index contributed by atoms with van der Waals surface area (Å²) < 4.78 is 48.3. The number of carbonyl (C=O) groups is 1. The molecule has 0 heterocycles. The van der Waals surface area contributed by atoms with Gasteiger partial charge in [0.2, 0.25) is 5.91 Å². The van der Waals surface area contributed by atoms with Crippen LogP contribution in [-0.2, 0) is 21.8 Å². The largest absolute Gasteiger partial charge is 0.416 e. The Hall–Kier alpha value is -1.57. The number of alkyl halides is 3. The normalized spacial score (nSPS) is 13.1. The van der Waals surface area contributed by atoms with Crippen molar-refractivity contribution < 1.29 is 22.2 Å². The topological polar surface area (TPSA) is 72.2 Å². The van der Waals surface area contributed by atoms with Crippen LogP contribution in [0.15, 0.2) is 18.2 Å². The van der Waals surface area contributed by atoms with Crippen LogP contribution in [0.4, 0.5) is 24.5 Å². The lowest BCUT2D eigenvalue weighted by atomic mass is 10.1. The average molecular weight is 294 g/mol. The summed E-state index contributed by atoms with van der Waals surface area (Å²) in [4.78, 5) is 11.4. The maximum atomic E-state index is 12.4. The second kappa shape index (κ2) is 6.05. The Bertz CT molecular complexity index is 503. The second-order valence-corrected chi connectivity index (χ2v) is 5.47. The summed E-state index contributed by atoms with van der Waals surface area (Å²) in [6.07, 6.45) is -4.49. The molecule has 0 spiro atoms. The molecule has 1 amide bonds. The lowest BCUT2D eigenvalue weighted by Gasteiger charge is -2.11. The molecule has 1 rings (SSSR count). The van der Waals surface area contributed by atoms with Gasteiger partial charge in [-0.25, -0.2) is 0 Å². The van der Waals surface area contributed by atoms with Crippen LogP contribution in [0.25, 0.3) is 0 Å². The summed E-state index contributed by atoms with van der Waals surface area (Å²) in [7, 11) is -1.29. The zero-order valence-electron chi connectivity index (χ0n) is 10.1. The molecule has 0 aliphatic rings. The number of nitrogens with one attached hydrogen (secondary N) is 1. The first-order chi connectivity index (χ1) is 8.74. The van der Waals surface area contributed by atoms with Crippen LogP contribution in [0.3, 0.4) is 0 Å². The van der Waals surface area contributed by atoms with Crippen molar-refractivity contribution >= 4 is 28.1 Å². The van der Waals surface area contributed by atoms with Gasteiger partial charge in [0.25, 0.3) is 0 Å². The molecule has 0 aliphatic heterocycles. The van der Waals surface area contributed by atoms with Gasteiger partial charge in [-0.2, -0.15) is 13.2 Å². The fourth-order valence-corrected chi connectivity index (χ4v) is 1.86. The molecule has 0 fully saturated rings. The maximum absolute atomic E-state index is 12.4. The Labute approximate surface area is 110 Å². The smallest absolute Gasteiger partial charge is 0.397 e. The molecule has 1 atom stereocenters. The molecule has 4 nitrogen and oxygen atoms in total. The fourth-order valence-electron chi connectivity index (χ4n) is 1.29. The molecular formula is C11H13F3N2O2S. The lowest BCUT2D eigenvalue weighted by molar-refractivity contribution is -0.137. The highest BCUT2D eigenvalue weighted by molar-refractivity contribution is 7.85. The summed E-state index contributed by atoms with van der Waals surface area (Å²) in [5.74, 6) is -0.431. The van der Waals surface area contributed by atoms with Crippen molar-refractivity contribution in [2.75, 3.05) is 22.6 Å². The van der Waals surface area contributed by atoms with Gasteiger partial charge in [-0.05, 0) is 18.2 Å². The Balaban J connectivity index is 2.81. The van der Waals surface area contributed by atoms with E-state index in [2.05, 4.69) is 5.32 Å². The third-order valence-corrected chi connectivity index (χ3v) is 3.50. The van der Waals surface area contributed by atoms with E-state index in [1.165, 1.54) is 0 Å². The molecule has 0 radical (unpaired) electrons. The van der Waals surface area contributed by atoms with Gasteiger partial charge in [0.05, 0.1) is 16.9 Å². The third kappa shape index (κ3) is 4.55. The number of benzene rings is 1. The summed E-state index contributed by atoms with van der Waals surface area (Å²) in [5.41, 5.74) is 4.44. The van der Waals surface area contributed by atoms with Gasteiger partial charge >= 0.3 is 6.18 Å². The number of anilines is 2. The van der Waals surface area contributed by atoms with E-state index in [9.17, 15) is 22.2 Å². The minimum Gasteiger partial charge on any atom is -0.397 e. The minimum atomic E-state index is -4.49. The minimum absolute atomic E-state index is 0.0751. The van der Waals surface area contributed by atoms with Crippen molar-refractivity contribution in [1.29, 1.82) is 0 Å². The number of hydrogen-bond donors (Lipinski definition) is 2. The van der Waals surface area contributed by atoms with E-state index in [0.29, 0.717) is 5.75 Å². The molecule has 0 aliphatic carbocycles. The molecule has 1 unspecified atom stereocenters. The summed E-state index contributed by atoms with van der Waals surface area (Å²) in [6.45, 7) is 1.66. The molecule has 0 aromatic heterocycles. The highest BCUT2D eigenvalue weighted by atomic mass is 32.2. The second-order valence-electron chi connectivity index (χ2n) is 3.72. The van der Waals surface area contributed by atoms with E-state index in [-0.39, 0.29) is 17.1 Å². The molecule has 0 saturated carbocycles. The first kappa shape index (κ1) is 15.5. The number of rotatable bonds is 4. The number of carbonyl (C=O) groups excluding carboxylic acids is 1. The zero-order valence-corrected chi connectivity index (χ0v) is 10.9. The van der Waals surface area contributed by atoms with E-state index >= 15 is 0 Å². The molecule has 19 heavy (non-hydrogen) atoms. The Kier molecular flexibility index (Phi) is 4.93. The highest BCUT2D eigenvalue weighted by Gasteiger charge is 2.30. The monoisotopic (exact) mass is 294 g/mol. The first-order valence-electron chi connectivity index (χ1n) is 5.35. The van der Waals surface area contributed by atoms with Gasteiger partial charge in [0.1, 0.15) is 5.75 Å². The molecule has 1 aromatic carbocycles. The number of halogens is 3. The quantitative estimate of drug-likeness (QED) is 0.834. The predicted octanol–water partition coefficient (Wildman–Crippen LogP) is 1.99. The van der Waals surface area contributed by atoms with Gasteiger partial charge < -0.3 is 11.1 Å². The van der Waals surface area contributed by atoms with Crippen molar-refractivity contribution in [3.05, 3.63) is 23.8 Å². The maximum Gasteiger partial charge on any atom is 0.416 e. The number of nitrogen functional groups attached to an aromatic ring is 1. The number of hydrogen-bond acceptors (Lipinski definition) is 3.